The SMILES string of the molecule is O=C(O)c1cccnc1C(=O)Nc1cc(Cl)ccc1Cl. The molecule has 2 rings (SSSR count). The summed E-state index contributed by atoms with van der Waals surface area (Å²) in [6.45, 7) is 0. The fourth-order valence-electron chi connectivity index (χ4n) is 1.53. The average Bonchev–Trinajstić information content (AvgIpc) is 2.42. The molecule has 0 aliphatic carbocycles. The second-order valence-electron chi connectivity index (χ2n) is 3.78. The Labute approximate surface area is 124 Å². The number of hydrogen-bond donors (Lipinski definition) is 2. The van der Waals surface area contributed by atoms with Crippen LogP contribution in [0.15, 0.2) is 36.5 Å². The molecule has 0 bridgehead atoms. The number of carboxylic acid groups (broad SMARTS) is 1. The molecule has 102 valence electrons. The van der Waals surface area contributed by atoms with Gasteiger partial charge in [-0.1, -0.05) is 23.2 Å². The fourth-order valence-corrected chi connectivity index (χ4v) is 1.87. The van der Waals surface area contributed by atoms with Crippen molar-refractivity contribution in [1.29, 1.82) is 0 Å². The lowest BCUT2D eigenvalue weighted by molar-refractivity contribution is 0.0691. The summed E-state index contributed by atoms with van der Waals surface area (Å²) < 4.78 is 0. The number of carbonyl (C=O) groups excluding carboxylic acids is 1. The quantitative estimate of drug-likeness (QED) is 0.911. The molecule has 0 saturated heterocycles. The van der Waals surface area contributed by atoms with E-state index >= 15 is 0 Å². The van der Waals surface area contributed by atoms with Crippen LogP contribution in [0.2, 0.25) is 10.0 Å². The van der Waals surface area contributed by atoms with Gasteiger partial charge >= 0.3 is 5.97 Å². The van der Waals surface area contributed by atoms with E-state index in [0.29, 0.717) is 5.02 Å². The molecule has 0 atom stereocenters. The third-order valence-electron chi connectivity index (χ3n) is 2.43. The average molecular weight is 311 g/mol. The lowest BCUT2D eigenvalue weighted by Gasteiger charge is -2.08. The number of pyridine rings is 1. The van der Waals surface area contributed by atoms with Gasteiger partial charge in [-0.15, -0.1) is 0 Å². The van der Waals surface area contributed by atoms with Gasteiger partial charge in [-0.2, -0.15) is 0 Å². The Morgan fingerprint density at radius 2 is 1.95 bits per heavy atom. The lowest BCUT2D eigenvalue weighted by atomic mass is 10.2. The topological polar surface area (TPSA) is 79.3 Å². The van der Waals surface area contributed by atoms with Crippen LogP contribution < -0.4 is 5.32 Å². The molecule has 20 heavy (non-hydrogen) atoms. The number of benzene rings is 1. The molecule has 0 radical (unpaired) electrons. The highest BCUT2D eigenvalue weighted by molar-refractivity contribution is 6.36. The molecular weight excluding hydrogens is 303 g/mol. The first-order valence-electron chi connectivity index (χ1n) is 5.44. The van der Waals surface area contributed by atoms with Crippen molar-refractivity contribution in [1.82, 2.24) is 4.98 Å². The van der Waals surface area contributed by atoms with E-state index in [2.05, 4.69) is 10.3 Å². The summed E-state index contributed by atoms with van der Waals surface area (Å²) in [4.78, 5) is 26.9. The minimum Gasteiger partial charge on any atom is -0.478 e. The van der Waals surface area contributed by atoms with E-state index < -0.39 is 11.9 Å². The summed E-state index contributed by atoms with van der Waals surface area (Å²) in [5.74, 6) is -1.91. The van der Waals surface area contributed by atoms with Crippen molar-refractivity contribution in [3.63, 3.8) is 0 Å². The molecule has 0 saturated carbocycles. The Hall–Kier alpha value is -2.11. The van der Waals surface area contributed by atoms with Crippen molar-refractivity contribution < 1.29 is 14.7 Å². The zero-order valence-electron chi connectivity index (χ0n) is 9.93. The Balaban J connectivity index is 2.33. The van der Waals surface area contributed by atoms with Crippen LogP contribution in [-0.2, 0) is 0 Å². The van der Waals surface area contributed by atoms with Crippen molar-refractivity contribution in [3.8, 4) is 0 Å². The number of aromatic nitrogens is 1. The van der Waals surface area contributed by atoms with E-state index in [4.69, 9.17) is 28.3 Å². The summed E-state index contributed by atoms with van der Waals surface area (Å²) in [7, 11) is 0. The molecule has 0 fully saturated rings. The van der Waals surface area contributed by atoms with E-state index in [9.17, 15) is 9.59 Å². The maximum Gasteiger partial charge on any atom is 0.338 e. The van der Waals surface area contributed by atoms with E-state index in [1.54, 1.807) is 6.07 Å². The molecule has 2 aromatic rings. The van der Waals surface area contributed by atoms with Crippen molar-refractivity contribution in [3.05, 3.63) is 57.8 Å². The second kappa shape index (κ2) is 5.90. The number of anilines is 1. The van der Waals surface area contributed by atoms with Crippen LogP contribution in [0.1, 0.15) is 20.8 Å². The van der Waals surface area contributed by atoms with Crippen molar-refractivity contribution in [2.45, 2.75) is 0 Å². The van der Waals surface area contributed by atoms with Crippen LogP contribution in [0.3, 0.4) is 0 Å². The molecule has 1 amide bonds. The molecule has 1 aromatic heterocycles. The smallest absolute Gasteiger partial charge is 0.338 e. The number of hydrogen-bond acceptors (Lipinski definition) is 3. The number of amides is 1. The molecule has 7 heteroatoms. The molecule has 5 nitrogen and oxygen atoms in total. The fraction of sp³-hybridized carbons (Fsp3) is 0. The number of halogens is 2. The van der Waals surface area contributed by atoms with Crippen LogP contribution in [-0.4, -0.2) is 22.0 Å². The highest BCUT2D eigenvalue weighted by Gasteiger charge is 2.18. The molecule has 0 unspecified atom stereocenters. The van der Waals surface area contributed by atoms with E-state index in [1.807, 2.05) is 0 Å². The van der Waals surface area contributed by atoms with Gasteiger partial charge < -0.3 is 10.4 Å². The number of carboxylic acids is 1. The van der Waals surface area contributed by atoms with Crippen LogP contribution in [0, 0.1) is 0 Å². The normalized spacial score (nSPS) is 10.1. The number of nitrogens with zero attached hydrogens (tertiary/aromatic N) is 1. The van der Waals surface area contributed by atoms with Gasteiger partial charge in [0.2, 0.25) is 0 Å². The number of aromatic carboxylic acids is 1. The zero-order valence-corrected chi connectivity index (χ0v) is 11.4. The summed E-state index contributed by atoms with van der Waals surface area (Å²) >= 11 is 11.7. The first-order chi connectivity index (χ1) is 9.49. The predicted molar refractivity (Wildman–Crippen MR) is 75.6 cm³/mol. The maximum atomic E-state index is 12.1. The molecule has 2 N–H and O–H groups in total. The van der Waals surface area contributed by atoms with Crippen molar-refractivity contribution in [2.75, 3.05) is 5.32 Å². The Morgan fingerprint density at radius 3 is 2.65 bits per heavy atom. The van der Waals surface area contributed by atoms with E-state index in [1.165, 1.54) is 30.5 Å². The minimum absolute atomic E-state index is 0.192. The van der Waals surface area contributed by atoms with Crippen molar-refractivity contribution >= 4 is 40.8 Å². The summed E-state index contributed by atoms with van der Waals surface area (Å²) in [6, 6.07) is 7.29. The van der Waals surface area contributed by atoms with Crippen LogP contribution in [0.5, 0.6) is 0 Å². The van der Waals surface area contributed by atoms with Gasteiger partial charge in [0, 0.05) is 11.2 Å². The van der Waals surface area contributed by atoms with Gasteiger partial charge in [0.05, 0.1) is 16.3 Å². The Morgan fingerprint density at radius 1 is 1.20 bits per heavy atom. The zero-order chi connectivity index (χ0) is 14.7. The second-order valence-corrected chi connectivity index (χ2v) is 4.63. The summed E-state index contributed by atoms with van der Waals surface area (Å²) in [6.07, 6.45) is 1.33. The highest BCUT2D eigenvalue weighted by atomic mass is 35.5. The summed E-state index contributed by atoms with van der Waals surface area (Å²) in [5.41, 5.74) is -0.106. The van der Waals surface area contributed by atoms with Gasteiger partial charge in [-0.3, -0.25) is 9.78 Å². The predicted octanol–water partition coefficient (Wildman–Crippen LogP) is 3.34. The minimum atomic E-state index is -1.24. The highest BCUT2D eigenvalue weighted by Crippen LogP contribution is 2.26. The monoisotopic (exact) mass is 310 g/mol. The van der Waals surface area contributed by atoms with Gasteiger partial charge in [-0.25, -0.2) is 4.79 Å². The standard InChI is InChI=1S/C13H8Cl2N2O3/c14-7-3-4-9(15)10(6-7)17-12(18)11-8(13(19)20)2-1-5-16-11/h1-6H,(H,17,18)(H,19,20). The third-order valence-corrected chi connectivity index (χ3v) is 2.99. The maximum absolute atomic E-state index is 12.1. The largest absolute Gasteiger partial charge is 0.478 e. The third kappa shape index (κ3) is 3.07. The summed E-state index contributed by atoms with van der Waals surface area (Å²) in [5, 5.41) is 12.2. The van der Waals surface area contributed by atoms with Crippen LogP contribution in [0.25, 0.3) is 0 Å². The van der Waals surface area contributed by atoms with Gasteiger partial charge in [0.1, 0.15) is 5.69 Å². The number of nitrogens with one attached hydrogen (secondary N) is 1. The molecule has 0 aliphatic heterocycles. The molecular formula is C13H8Cl2N2O3. The van der Waals surface area contributed by atoms with E-state index in [-0.39, 0.29) is 22.0 Å². The first-order valence-corrected chi connectivity index (χ1v) is 6.19. The number of rotatable bonds is 3. The molecule has 0 aliphatic rings. The van der Waals surface area contributed by atoms with Gasteiger partial charge in [-0.05, 0) is 30.3 Å². The van der Waals surface area contributed by atoms with Crippen LogP contribution in [0.4, 0.5) is 5.69 Å². The van der Waals surface area contributed by atoms with E-state index in [0.717, 1.165) is 0 Å². The number of carbonyl (C=O) groups is 2. The Bertz CT molecular complexity index is 689. The molecule has 1 heterocycles. The lowest BCUT2D eigenvalue weighted by Crippen LogP contribution is -2.18. The van der Waals surface area contributed by atoms with Gasteiger partial charge in [0.25, 0.3) is 5.91 Å². The van der Waals surface area contributed by atoms with Gasteiger partial charge in [0.15, 0.2) is 0 Å². The Kier molecular flexibility index (Phi) is 4.22. The molecule has 0 spiro atoms. The molecule has 1 aromatic carbocycles. The first kappa shape index (κ1) is 14.3. The van der Waals surface area contributed by atoms with Crippen molar-refractivity contribution in [2.24, 2.45) is 0 Å². The van der Waals surface area contributed by atoms with Crippen LogP contribution >= 0.6 is 23.2 Å².